The zero-order valence-electron chi connectivity index (χ0n) is 13.3. The zero-order chi connectivity index (χ0) is 14.7. The van der Waals surface area contributed by atoms with Gasteiger partial charge in [0.1, 0.15) is 0 Å². The van der Waals surface area contributed by atoms with Crippen LogP contribution in [0.5, 0.6) is 0 Å². The average molecular weight is 294 g/mol. The molecule has 4 nitrogen and oxygen atoms in total. The minimum atomic E-state index is 0.261. The molecule has 120 valence electrons. The van der Waals surface area contributed by atoms with E-state index in [0.717, 1.165) is 19.5 Å². The number of hydrogen-bond acceptors (Lipinski definition) is 3. The Morgan fingerprint density at radius 2 is 2.05 bits per heavy atom. The van der Waals surface area contributed by atoms with Crippen molar-refractivity contribution in [3.05, 3.63) is 0 Å². The van der Waals surface area contributed by atoms with E-state index in [1.807, 2.05) is 0 Å². The number of nitrogens with one attached hydrogen (secondary N) is 2. The monoisotopic (exact) mass is 294 g/mol. The zero-order valence-corrected chi connectivity index (χ0v) is 13.3. The van der Waals surface area contributed by atoms with Crippen LogP contribution in [0.3, 0.4) is 0 Å². The van der Waals surface area contributed by atoms with Crippen molar-refractivity contribution < 1.29 is 9.53 Å². The number of amides is 1. The molecule has 1 saturated heterocycles. The van der Waals surface area contributed by atoms with Crippen molar-refractivity contribution in [1.82, 2.24) is 10.6 Å². The van der Waals surface area contributed by atoms with Gasteiger partial charge >= 0.3 is 0 Å². The van der Waals surface area contributed by atoms with Gasteiger partial charge in [0.05, 0.1) is 12.7 Å². The molecule has 4 heteroatoms. The molecule has 3 aliphatic rings. The number of hydrogen-bond donors (Lipinski definition) is 2. The minimum Gasteiger partial charge on any atom is -0.376 e. The first-order valence-corrected chi connectivity index (χ1v) is 8.81. The maximum Gasteiger partial charge on any atom is 0.223 e. The maximum absolute atomic E-state index is 12.2. The summed E-state index contributed by atoms with van der Waals surface area (Å²) < 4.78 is 5.96. The Morgan fingerprint density at radius 1 is 1.29 bits per heavy atom. The van der Waals surface area contributed by atoms with Gasteiger partial charge < -0.3 is 15.4 Å². The van der Waals surface area contributed by atoms with E-state index in [1.54, 1.807) is 0 Å². The topological polar surface area (TPSA) is 50.4 Å². The summed E-state index contributed by atoms with van der Waals surface area (Å²) in [6.07, 6.45) is 8.95. The highest BCUT2D eigenvalue weighted by atomic mass is 16.5. The molecule has 1 heterocycles. The molecular weight excluding hydrogens is 264 g/mol. The van der Waals surface area contributed by atoms with Crippen LogP contribution in [-0.4, -0.2) is 38.3 Å². The van der Waals surface area contributed by atoms with Crippen molar-refractivity contribution in [2.75, 3.05) is 26.2 Å². The van der Waals surface area contributed by atoms with Gasteiger partial charge in [0.15, 0.2) is 0 Å². The van der Waals surface area contributed by atoms with Gasteiger partial charge in [0.25, 0.3) is 0 Å². The molecular formula is C17H30N2O2. The Morgan fingerprint density at radius 3 is 2.81 bits per heavy atom. The third-order valence-electron chi connectivity index (χ3n) is 5.87. The molecule has 3 fully saturated rings. The molecule has 2 saturated carbocycles. The fourth-order valence-corrected chi connectivity index (χ4v) is 4.23. The van der Waals surface area contributed by atoms with Gasteiger partial charge in [-0.1, -0.05) is 19.8 Å². The van der Waals surface area contributed by atoms with Crippen LogP contribution in [-0.2, 0) is 9.53 Å². The Bertz CT molecular complexity index is 366. The molecule has 0 aromatic carbocycles. The van der Waals surface area contributed by atoms with Crippen LogP contribution >= 0.6 is 0 Å². The molecule has 3 rings (SSSR count). The van der Waals surface area contributed by atoms with E-state index in [2.05, 4.69) is 17.6 Å². The molecule has 0 bridgehead atoms. The summed E-state index contributed by atoms with van der Waals surface area (Å²) in [6, 6.07) is 0. The maximum atomic E-state index is 12.2. The third-order valence-corrected chi connectivity index (χ3v) is 5.87. The Balaban J connectivity index is 1.32. The number of ether oxygens (including phenoxy) is 1. The van der Waals surface area contributed by atoms with Gasteiger partial charge in [-0.2, -0.15) is 0 Å². The highest BCUT2D eigenvalue weighted by molar-refractivity contribution is 5.82. The SMILES string of the molecule is CC1CCCCC1OCCNC(=O)C1CC12CCNCC2. The van der Waals surface area contributed by atoms with E-state index < -0.39 is 0 Å². The van der Waals surface area contributed by atoms with Crippen LogP contribution in [0.2, 0.25) is 0 Å². The smallest absolute Gasteiger partial charge is 0.223 e. The number of carbonyl (C=O) groups excluding carboxylic acids is 1. The van der Waals surface area contributed by atoms with Crippen molar-refractivity contribution in [2.45, 2.75) is 58.0 Å². The second kappa shape index (κ2) is 6.66. The van der Waals surface area contributed by atoms with Crippen LogP contribution in [0.1, 0.15) is 51.9 Å². The Hall–Kier alpha value is -0.610. The lowest BCUT2D eigenvalue weighted by Gasteiger charge is -2.28. The van der Waals surface area contributed by atoms with E-state index in [4.69, 9.17) is 4.74 Å². The van der Waals surface area contributed by atoms with Gasteiger partial charge in [-0.05, 0) is 56.5 Å². The number of piperidine rings is 1. The van der Waals surface area contributed by atoms with Crippen molar-refractivity contribution in [3.63, 3.8) is 0 Å². The second-order valence-electron chi connectivity index (χ2n) is 7.33. The summed E-state index contributed by atoms with van der Waals surface area (Å²) in [5, 5.41) is 6.47. The molecule has 21 heavy (non-hydrogen) atoms. The Labute approximate surface area is 128 Å². The van der Waals surface area contributed by atoms with E-state index in [1.165, 1.54) is 38.5 Å². The average Bonchev–Trinajstić information content (AvgIpc) is 3.19. The molecule has 1 amide bonds. The summed E-state index contributed by atoms with van der Waals surface area (Å²) in [5.41, 5.74) is 0.341. The van der Waals surface area contributed by atoms with Gasteiger partial charge in [0.2, 0.25) is 5.91 Å². The molecule has 2 N–H and O–H groups in total. The van der Waals surface area contributed by atoms with Crippen LogP contribution in [0.15, 0.2) is 0 Å². The lowest BCUT2D eigenvalue weighted by molar-refractivity contribution is -0.123. The second-order valence-corrected chi connectivity index (χ2v) is 7.33. The highest BCUT2D eigenvalue weighted by Crippen LogP contribution is 2.58. The van der Waals surface area contributed by atoms with E-state index in [-0.39, 0.29) is 11.8 Å². The van der Waals surface area contributed by atoms with Crippen molar-refractivity contribution >= 4 is 5.91 Å². The van der Waals surface area contributed by atoms with Crippen molar-refractivity contribution in [3.8, 4) is 0 Å². The summed E-state index contributed by atoms with van der Waals surface area (Å²) in [7, 11) is 0. The quantitative estimate of drug-likeness (QED) is 0.763. The minimum absolute atomic E-state index is 0.261. The van der Waals surface area contributed by atoms with Crippen LogP contribution in [0, 0.1) is 17.3 Å². The molecule has 3 atom stereocenters. The summed E-state index contributed by atoms with van der Waals surface area (Å²) in [5.74, 6) is 1.21. The first kappa shape index (κ1) is 15.3. The van der Waals surface area contributed by atoms with Crippen molar-refractivity contribution in [1.29, 1.82) is 0 Å². The predicted molar refractivity (Wildman–Crippen MR) is 83.0 cm³/mol. The first-order chi connectivity index (χ1) is 10.2. The fraction of sp³-hybridized carbons (Fsp3) is 0.941. The molecule has 3 unspecified atom stereocenters. The van der Waals surface area contributed by atoms with E-state index in [9.17, 15) is 4.79 Å². The third kappa shape index (κ3) is 3.59. The predicted octanol–water partition coefficient (Wildman–Crippen LogP) is 2.09. The lowest BCUT2D eigenvalue weighted by Crippen LogP contribution is -2.35. The molecule has 0 aromatic heterocycles. The normalized spacial score (nSPS) is 34.6. The standard InChI is InChI=1S/C17H30N2O2/c1-13-4-2-3-5-15(13)21-11-10-19-16(20)14-12-17(14)6-8-18-9-7-17/h13-15,18H,2-12H2,1H3,(H,19,20). The molecule has 1 aliphatic heterocycles. The number of carbonyl (C=O) groups is 1. The number of rotatable bonds is 5. The molecule has 2 aliphatic carbocycles. The largest absolute Gasteiger partial charge is 0.376 e. The van der Waals surface area contributed by atoms with Gasteiger partial charge in [-0.3, -0.25) is 4.79 Å². The van der Waals surface area contributed by atoms with Crippen molar-refractivity contribution in [2.24, 2.45) is 17.3 Å². The summed E-state index contributed by atoms with van der Waals surface area (Å²) >= 11 is 0. The molecule has 1 spiro atoms. The first-order valence-electron chi connectivity index (χ1n) is 8.81. The summed E-state index contributed by atoms with van der Waals surface area (Å²) in [6.45, 7) is 5.78. The van der Waals surface area contributed by atoms with E-state index >= 15 is 0 Å². The highest BCUT2D eigenvalue weighted by Gasteiger charge is 2.57. The van der Waals surface area contributed by atoms with E-state index in [0.29, 0.717) is 30.6 Å². The van der Waals surface area contributed by atoms with Crippen LogP contribution < -0.4 is 10.6 Å². The molecule has 0 radical (unpaired) electrons. The van der Waals surface area contributed by atoms with Gasteiger partial charge in [-0.25, -0.2) is 0 Å². The molecule has 0 aromatic rings. The van der Waals surface area contributed by atoms with Gasteiger partial charge in [-0.15, -0.1) is 0 Å². The van der Waals surface area contributed by atoms with Crippen LogP contribution in [0.4, 0.5) is 0 Å². The van der Waals surface area contributed by atoms with Gasteiger partial charge in [0, 0.05) is 12.5 Å². The summed E-state index contributed by atoms with van der Waals surface area (Å²) in [4.78, 5) is 12.2. The van der Waals surface area contributed by atoms with Crippen LogP contribution in [0.25, 0.3) is 0 Å². The lowest BCUT2D eigenvalue weighted by atomic mass is 9.88. The fourth-order valence-electron chi connectivity index (χ4n) is 4.23. The Kier molecular flexibility index (Phi) is 4.85.